The largest absolute Gasteiger partial charge is 0.480 e. The molecule has 7 heteroatoms. The van der Waals surface area contributed by atoms with Crippen LogP contribution in [-0.2, 0) is 26.0 Å². The second-order valence-electron chi connectivity index (χ2n) is 5.38. The van der Waals surface area contributed by atoms with E-state index in [1.807, 2.05) is 0 Å². The summed E-state index contributed by atoms with van der Waals surface area (Å²) in [5.74, 6) is -2.56. The Kier molecular flexibility index (Phi) is 6.11. The summed E-state index contributed by atoms with van der Waals surface area (Å²) in [6.07, 6.45) is 0. The number of benzene rings is 1. The van der Waals surface area contributed by atoms with Crippen molar-refractivity contribution < 1.29 is 23.1 Å². The molecule has 0 aliphatic heterocycles. The van der Waals surface area contributed by atoms with Crippen LogP contribution in [0.1, 0.15) is 26.3 Å². The maximum absolute atomic E-state index is 12.3. The molecule has 0 heterocycles. The smallest absolute Gasteiger partial charge is 0.326 e. The number of carboxylic acids is 1. The van der Waals surface area contributed by atoms with Crippen LogP contribution in [0.3, 0.4) is 0 Å². The Balaban J connectivity index is 3.00. The van der Waals surface area contributed by atoms with E-state index in [1.165, 1.54) is 20.8 Å². The molecule has 1 N–H and O–H groups in total. The van der Waals surface area contributed by atoms with Gasteiger partial charge in [0.2, 0.25) is 5.91 Å². The first kappa shape index (κ1) is 18.2. The van der Waals surface area contributed by atoms with E-state index >= 15 is 0 Å². The lowest BCUT2D eigenvalue weighted by Crippen LogP contribution is -2.45. The minimum Gasteiger partial charge on any atom is -0.480 e. The maximum Gasteiger partial charge on any atom is 0.326 e. The van der Waals surface area contributed by atoms with E-state index in [0.717, 1.165) is 10.5 Å². The molecule has 1 amide bonds. The van der Waals surface area contributed by atoms with Crippen molar-refractivity contribution in [1.82, 2.24) is 4.90 Å². The predicted octanol–water partition coefficient (Wildman–Crippen LogP) is 1.31. The Bertz CT molecular complexity index is 625. The Morgan fingerprint density at radius 1 is 1.14 bits per heavy atom. The summed E-state index contributed by atoms with van der Waals surface area (Å²) in [7, 11) is -3.58. The van der Waals surface area contributed by atoms with Gasteiger partial charge in [-0.25, -0.2) is 13.2 Å². The summed E-state index contributed by atoms with van der Waals surface area (Å²) in [5, 5.41) is 8.46. The van der Waals surface area contributed by atoms with E-state index in [-0.39, 0.29) is 6.54 Å². The van der Waals surface area contributed by atoms with Crippen molar-refractivity contribution in [2.24, 2.45) is 0 Å². The van der Waals surface area contributed by atoms with Crippen LogP contribution in [0.15, 0.2) is 30.3 Å². The summed E-state index contributed by atoms with van der Waals surface area (Å²) in [6.45, 7) is 4.40. The van der Waals surface area contributed by atoms with Gasteiger partial charge in [-0.3, -0.25) is 4.79 Å². The molecule has 0 saturated carbocycles. The average molecular weight is 327 g/mol. The molecule has 0 spiro atoms. The van der Waals surface area contributed by atoms with Gasteiger partial charge in [-0.05, 0) is 26.3 Å². The quantitative estimate of drug-likeness (QED) is 0.815. The minimum atomic E-state index is -3.58. The number of carbonyl (C=O) groups excluding carboxylic acids is 1. The number of carboxylic acid groups (broad SMARTS) is 1. The molecule has 0 bridgehead atoms. The van der Waals surface area contributed by atoms with E-state index in [4.69, 9.17) is 5.11 Å². The zero-order chi connectivity index (χ0) is 16.9. The van der Waals surface area contributed by atoms with Crippen LogP contribution in [0.4, 0.5) is 0 Å². The van der Waals surface area contributed by atoms with Gasteiger partial charge in [0.15, 0.2) is 9.84 Å². The lowest BCUT2D eigenvalue weighted by Gasteiger charge is -2.27. The minimum absolute atomic E-state index is 0.0563. The topological polar surface area (TPSA) is 91.8 Å². The average Bonchev–Trinajstić information content (AvgIpc) is 2.44. The van der Waals surface area contributed by atoms with Gasteiger partial charge >= 0.3 is 5.97 Å². The molecule has 1 atom stereocenters. The molecule has 122 valence electrons. The number of aliphatic carboxylic acids is 1. The third-order valence-corrected chi connectivity index (χ3v) is 5.47. The fourth-order valence-corrected chi connectivity index (χ4v) is 2.62. The van der Waals surface area contributed by atoms with Crippen molar-refractivity contribution in [3.05, 3.63) is 35.9 Å². The van der Waals surface area contributed by atoms with Crippen molar-refractivity contribution in [3.8, 4) is 0 Å². The van der Waals surface area contributed by atoms with Crippen LogP contribution in [0, 0.1) is 0 Å². The number of amides is 1. The second-order valence-corrected chi connectivity index (χ2v) is 7.93. The van der Waals surface area contributed by atoms with Gasteiger partial charge in [0, 0.05) is 6.54 Å². The predicted molar refractivity (Wildman–Crippen MR) is 83.0 cm³/mol. The molecular weight excluding hydrogens is 306 g/mol. The van der Waals surface area contributed by atoms with Gasteiger partial charge in [0.1, 0.15) is 11.8 Å². The molecule has 0 radical (unpaired) electrons. The highest BCUT2D eigenvalue weighted by molar-refractivity contribution is 7.92. The van der Waals surface area contributed by atoms with Gasteiger partial charge in [-0.2, -0.15) is 0 Å². The van der Waals surface area contributed by atoms with E-state index in [2.05, 4.69) is 0 Å². The molecule has 1 unspecified atom stereocenters. The van der Waals surface area contributed by atoms with Crippen LogP contribution >= 0.6 is 0 Å². The summed E-state index contributed by atoms with van der Waals surface area (Å²) >= 11 is 0. The van der Waals surface area contributed by atoms with Crippen molar-refractivity contribution in [1.29, 1.82) is 0 Å². The summed E-state index contributed by atoms with van der Waals surface area (Å²) in [4.78, 5) is 24.6. The van der Waals surface area contributed by atoms with Gasteiger partial charge in [0.05, 0.1) is 5.25 Å². The Hall–Kier alpha value is -1.89. The molecule has 22 heavy (non-hydrogen) atoms. The molecule has 1 aromatic rings. The highest BCUT2D eigenvalue weighted by Gasteiger charge is 2.30. The summed E-state index contributed by atoms with van der Waals surface area (Å²) in [6, 6.07) is 7.76. The molecular formula is C15H21NO5S. The fourth-order valence-electron chi connectivity index (χ4n) is 1.78. The molecule has 0 aliphatic rings. The first-order valence-corrected chi connectivity index (χ1v) is 8.64. The highest BCUT2D eigenvalue weighted by Crippen LogP contribution is 2.12. The highest BCUT2D eigenvalue weighted by atomic mass is 32.2. The molecule has 1 aromatic carbocycles. The van der Waals surface area contributed by atoms with Crippen molar-refractivity contribution in [2.75, 3.05) is 5.75 Å². The third kappa shape index (κ3) is 4.84. The van der Waals surface area contributed by atoms with Crippen LogP contribution in [0.2, 0.25) is 0 Å². The third-order valence-electron chi connectivity index (χ3n) is 3.38. The van der Waals surface area contributed by atoms with Crippen molar-refractivity contribution in [3.63, 3.8) is 0 Å². The number of sulfone groups is 1. The maximum atomic E-state index is 12.3. The molecule has 6 nitrogen and oxygen atoms in total. The fraction of sp³-hybridized carbons (Fsp3) is 0.467. The van der Waals surface area contributed by atoms with Gasteiger partial charge in [-0.1, -0.05) is 30.3 Å². The SMILES string of the molecule is CC(C(=O)O)N(Cc1ccccc1)C(=O)CS(=O)(=O)C(C)C. The molecule has 0 fully saturated rings. The first-order valence-electron chi connectivity index (χ1n) is 6.93. The van der Waals surface area contributed by atoms with Gasteiger partial charge in [0.25, 0.3) is 0 Å². The van der Waals surface area contributed by atoms with Gasteiger partial charge in [-0.15, -0.1) is 0 Å². The van der Waals surface area contributed by atoms with E-state index in [9.17, 15) is 18.0 Å². The zero-order valence-corrected chi connectivity index (χ0v) is 13.7. The van der Waals surface area contributed by atoms with Gasteiger partial charge < -0.3 is 10.0 Å². The molecule has 0 aliphatic carbocycles. The summed E-state index contributed by atoms with van der Waals surface area (Å²) in [5.41, 5.74) is 0.742. The van der Waals surface area contributed by atoms with Crippen LogP contribution in [0.5, 0.6) is 0 Å². The van der Waals surface area contributed by atoms with E-state index in [0.29, 0.717) is 0 Å². The lowest BCUT2D eigenvalue weighted by atomic mass is 10.2. The van der Waals surface area contributed by atoms with Crippen LogP contribution in [-0.4, -0.2) is 47.3 Å². The van der Waals surface area contributed by atoms with E-state index < -0.39 is 38.8 Å². The monoisotopic (exact) mass is 327 g/mol. The normalized spacial score (nSPS) is 12.9. The number of rotatable bonds is 7. The summed E-state index contributed by atoms with van der Waals surface area (Å²) < 4.78 is 23.8. The zero-order valence-electron chi connectivity index (χ0n) is 12.9. The number of hydrogen-bond donors (Lipinski definition) is 1. The van der Waals surface area contributed by atoms with E-state index in [1.54, 1.807) is 30.3 Å². The molecule has 0 saturated heterocycles. The number of carbonyl (C=O) groups is 2. The first-order chi connectivity index (χ1) is 10.1. The number of nitrogens with zero attached hydrogens (tertiary/aromatic N) is 1. The van der Waals surface area contributed by atoms with Crippen molar-refractivity contribution >= 4 is 21.7 Å². The lowest BCUT2D eigenvalue weighted by molar-refractivity contribution is -0.149. The van der Waals surface area contributed by atoms with Crippen LogP contribution < -0.4 is 0 Å². The Labute approximate surface area is 130 Å². The Morgan fingerprint density at radius 3 is 2.14 bits per heavy atom. The standard InChI is InChI=1S/C15H21NO5S/c1-11(2)22(20,21)10-14(17)16(12(3)15(18)19)9-13-7-5-4-6-8-13/h4-8,11-12H,9-10H2,1-3H3,(H,18,19). The Morgan fingerprint density at radius 2 is 1.68 bits per heavy atom. The molecule has 0 aromatic heterocycles. The van der Waals surface area contributed by atoms with Crippen molar-refractivity contribution in [2.45, 2.75) is 38.6 Å². The number of hydrogen-bond acceptors (Lipinski definition) is 4. The second kappa shape index (κ2) is 7.40. The van der Waals surface area contributed by atoms with Crippen LogP contribution in [0.25, 0.3) is 0 Å². The molecule has 1 rings (SSSR count).